The molecule has 9 heavy (non-hydrogen) atoms. The third kappa shape index (κ3) is 1.39. The number of hydrogen-bond acceptors (Lipinski definition) is 3. The molecular formula is C4H7N3OSi. The number of nitrogens with zero attached hydrogens (tertiary/aromatic N) is 1. The van der Waals surface area contributed by atoms with Gasteiger partial charge in [-0.2, -0.15) is 4.98 Å². The van der Waals surface area contributed by atoms with E-state index in [2.05, 4.69) is 15.0 Å². The summed E-state index contributed by atoms with van der Waals surface area (Å²) in [5.41, 5.74) is -0.309. The van der Waals surface area contributed by atoms with E-state index in [0.29, 0.717) is 5.82 Å². The minimum Gasteiger partial charge on any atom is -0.404 e. The minimum atomic E-state index is -0.309. The number of nitrogens with one attached hydrogen (secondary N) is 2. The molecule has 0 saturated heterocycles. The zero-order valence-electron chi connectivity index (χ0n) is 5.01. The summed E-state index contributed by atoms with van der Waals surface area (Å²) in [5.74, 6) is 0.644. The number of anilines is 1. The highest BCUT2D eigenvalue weighted by molar-refractivity contribution is 6.15. The average molecular weight is 141 g/mol. The van der Waals surface area contributed by atoms with E-state index in [1.165, 1.54) is 0 Å². The molecule has 0 aromatic carbocycles. The Bertz CT molecular complexity index is 246. The van der Waals surface area contributed by atoms with E-state index < -0.39 is 0 Å². The van der Waals surface area contributed by atoms with Crippen molar-refractivity contribution in [3.63, 3.8) is 0 Å². The van der Waals surface area contributed by atoms with Gasteiger partial charge in [0.2, 0.25) is 0 Å². The molecule has 0 saturated carbocycles. The number of aromatic amines is 1. The van der Waals surface area contributed by atoms with Crippen LogP contribution in [0.1, 0.15) is 0 Å². The Balaban J connectivity index is 3.08. The van der Waals surface area contributed by atoms with Gasteiger partial charge in [0.25, 0.3) is 0 Å². The number of rotatable bonds is 1. The van der Waals surface area contributed by atoms with Gasteiger partial charge in [-0.3, -0.25) is 0 Å². The smallest absolute Gasteiger partial charge is 0.346 e. The molecule has 0 radical (unpaired) electrons. The Morgan fingerprint density at radius 3 is 3.00 bits per heavy atom. The lowest BCUT2D eigenvalue weighted by Crippen LogP contribution is -2.10. The van der Waals surface area contributed by atoms with Crippen LogP contribution in [0.15, 0.2) is 17.1 Å². The summed E-state index contributed by atoms with van der Waals surface area (Å²) in [6, 6.07) is 1.72. The highest BCUT2D eigenvalue weighted by Gasteiger charge is 1.85. The number of aromatic nitrogens is 2. The molecule has 48 valence electrons. The highest BCUT2D eigenvalue weighted by Crippen LogP contribution is 1.90. The van der Waals surface area contributed by atoms with Gasteiger partial charge in [0.15, 0.2) is 0 Å². The van der Waals surface area contributed by atoms with Gasteiger partial charge in [0.1, 0.15) is 16.2 Å². The van der Waals surface area contributed by atoms with Gasteiger partial charge in [-0.05, 0) is 6.07 Å². The zero-order chi connectivity index (χ0) is 6.69. The van der Waals surface area contributed by atoms with Crippen LogP contribution in [0, 0.1) is 0 Å². The Morgan fingerprint density at radius 1 is 1.78 bits per heavy atom. The van der Waals surface area contributed by atoms with Crippen LogP contribution >= 0.6 is 0 Å². The van der Waals surface area contributed by atoms with Gasteiger partial charge < -0.3 is 9.97 Å². The molecule has 0 amide bonds. The van der Waals surface area contributed by atoms with Gasteiger partial charge in [0, 0.05) is 6.20 Å². The zero-order valence-corrected chi connectivity index (χ0v) is 7.01. The van der Waals surface area contributed by atoms with Crippen LogP contribution in [0.3, 0.4) is 0 Å². The number of H-pyrrole nitrogens is 1. The molecule has 1 rings (SSSR count). The lowest BCUT2D eigenvalue weighted by molar-refractivity contribution is 1.08. The number of hydrogen-bond donors (Lipinski definition) is 2. The van der Waals surface area contributed by atoms with Gasteiger partial charge >= 0.3 is 5.69 Å². The molecule has 2 N–H and O–H groups in total. The van der Waals surface area contributed by atoms with Crippen LogP contribution in [0.25, 0.3) is 0 Å². The third-order valence-corrected chi connectivity index (χ3v) is 1.44. The summed E-state index contributed by atoms with van der Waals surface area (Å²) in [4.78, 5) is 19.4. The quantitative estimate of drug-likeness (QED) is 0.466. The average Bonchev–Trinajstić information content (AvgIpc) is 1.88. The first kappa shape index (κ1) is 6.02. The Kier molecular flexibility index (Phi) is 1.64. The van der Waals surface area contributed by atoms with Crippen LogP contribution in [-0.4, -0.2) is 20.4 Å². The van der Waals surface area contributed by atoms with Crippen LogP contribution in [0.4, 0.5) is 5.82 Å². The van der Waals surface area contributed by atoms with Crippen LogP contribution in [0.2, 0.25) is 0 Å². The largest absolute Gasteiger partial charge is 0.404 e. The first-order chi connectivity index (χ1) is 4.33. The molecule has 0 atom stereocenters. The van der Waals surface area contributed by atoms with Crippen molar-refractivity contribution in [2.45, 2.75) is 0 Å². The van der Waals surface area contributed by atoms with Gasteiger partial charge in [0.05, 0.1) is 0 Å². The monoisotopic (exact) mass is 141 g/mol. The lowest BCUT2D eigenvalue weighted by atomic mass is 10.6. The molecule has 4 nitrogen and oxygen atoms in total. The second-order valence-corrected chi connectivity index (χ2v) is 2.03. The molecule has 0 unspecified atom stereocenters. The first-order valence-electron chi connectivity index (χ1n) is 2.56. The minimum absolute atomic E-state index is 0.309. The molecule has 0 aliphatic carbocycles. The fourth-order valence-corrected chi connectivity index (χ4v) is 0.789. The fraction of sp³-hybridized carbons (Fsp3) is 0. The second kappa shape index (κ2) is 2.45. The van der Waals surface area contributed by atoms with E-state index in [-0.39, 0.29) is 5.69 Å². The van der Waals surface area contributed by atoms with Crippen molar-refractivity contribution in [1.29, 1.82) is 0 Å². The van der Waals surface area contributed by atoms with Crippen LogP contribution in [-0.2, 0) is 0 Å². The molecule has 0 aliphatic rings. The van der Waals surface area contributed by atoms with E-state index >= 15 is 0 Å². The maximum absolute atomic E-state index is 10.5. The molecule has 1 aromatic rings. The molecule has 1 heterocycles. The van der Waals surface area contributed by atoms with E-state index in [4.69, 9.17) is 0 Å². The van der Waals surface area contributed by atoms with Crippen molar-refractivity contribution in [1.82, 2.24) is 9.97 Å². The van der Waals surface area contributed by atoms with Crippen molar-refractivity contribution >= 4 is 16.2 Å². The summed E-state index contributed by atoms with van der Waals surface area (Å²) in [5, 5.41) is 0. The fourth-order valence-electron chi connectivity index (χ4n) is 0.510. The van der Waals surface area contributed by atoms with E-state index in [1.807, 2.05) is 0 Å². The van der Waals surface area contributed by atoms with Gasteiger partial charge in [-0.25, -0.2) is 4.79 Å². The molecule has 0 fully saturated rings. The third-order valence-electron chi connectivity index (χ3n) is 0.926. The predicted molar refractivity (Wildman–Crippen MR) is 38.4 cm³/mol. The molecule has 0 aliphatic heterocycles. The van der Waals surface area contributed by atoms with Gasteiger partial charge in [-0.1, -0.05) is 0 Å². The van der Waals surface area contributed by atoms with Crippen molar-refractivity contribution < 1.29 is 0 Å². The Hall–Kier alpha value is -1.10. The maximum atomic E-state index is 10.5. The molecule has 5 heteroatoms. The Labute approximate surface area is 54.8 Å². The second-order valence-electron chi connectivity index (χ2n) is 1.53. The predicted octanol–water partition coefficient (Wildman–Crippen LogP) is -1.54. The Morgan fingerprint density at radius 2 is 2.56 bits per heavy atom. The molecule has 0 bridgehead atoms. The van der Waals surface area contributed by atoms with Crippen LogP contribution < -0.4 is 10.7 Å². The van der Waals surface area contributed by atoms with Crippen molar-refractivity contribution in [2.75, 3.05) is 4.98 Å². The molecule has 0 spiro atoms. The summed E-state index contributed by atoms with van der Waals surface area (Å²) >= 11 is 0. The standard InChI is InChI=1S/C4H7N3OSi/c8-4-5-2-1-3(6-4)7-9/h1-2H,9H3,(H2,5,6,7,8). The van der Waals surface area contributed by atoms with E-state index in [0.717, 1.165) is 10.4 Å². The SMILES string of the molecule is O=c1nc(N[SiH3])cc[nH]1. The lowest BCUT2D eigenvalue weighted by Gasteiger charge is -1.92. The van der Waals surface area contributed by atoms with Gasteiger partial charge in [-0.15, -0.1) is 0 Å². The summed E-state index contributed by atoms with van der Waals surface area (Å²) in [6.07, 6.45) is 1.57. The first-order valence-corrected chi connectivity index (χ1v) is 3.56. The molecule has 1 aromatic heterocycles. The van der Waals surface area contributed by atoms with Crippen molar-refractivity contribution in [3.05, 3.63) is 22.7 Å². The molecular weight excluding hydrogens is 134 g/mol. The van der Waals surface area contributed by atoms with Crippen molar-refractivity contribution in [3.8, 4) is 0 Å². The summed E-state index contributed by atoms with van der Waals surface area (Å²) < 4.78 is 0. The summed E-state index contributed by atoms with van der Waals surface area (Å²) in [7, 11) is 0.809. The summed E-state index contributed by atoms with van der Waals surface area (Å²) in [6.45, 7) is 0. The highest BCUT2D eigenvalue weighted by atomic mass is 28.2. The van der Waals surface area contributed by atoms with E-state index in [1.54, 1.807) is 12.3 Å². The van der Waals surface area contributed by atoms with E-state index in [9.17, 15) is 4.79 Å². The van der Waals surface area contributed by atoms with Crippen molar-refractivity contribution in [2.24, 2.45) is 0 Å². The topological polar surface area (TPSA) is 57.8 Å². The van der Waals surface area contributed by atoms with Crippen LogP contribution in [0.5, 0.6) is 0 Å². The maximum Gasteiger partial charge on any atom is 0.346 e. The normalized spacial score (nSPS) is 9.33.